The number of hydrogen-bond donors (Lipinski definition) is 2. The fraction of sp³-hybridized carbons (Fsp3) is 0.833. The summed E-state index contributed by atoms with van der Waals surface area (Å²) < 4.78 is 5.53. The third-order valence-corrected chi connectivity index (χ3v) is 5.09. The smallest absolute Gasteiger partial charge is 0.191 e. The van der Waals surface area contributed by atoms with Crippen molar-refractivity contribution in [3.05, 3.63) is 12.7 Å². The number of likely N-dealkylation sites (tertiary alicyclic amines) is 1. The van der Waals surface area contributed by atoms with Gasteiger partial charge in [0.05, 0.1) is 13.2 Å². The molecule has 2 aliphatic heterocycles. The van der Waals surface area contributed by atoms with Crippen molar-refractivity contribution in [1.29, 1.82) is 0 Å². The van der Waals surface area contributed by atoms with Crippen molar-refractivity contribution in [3.63, 3.8) is 0 Å². The fourth-order valence-electron chi connectivity index (χ4n) is 3.59. The van der Waals surface area contributed by atoms with Crippen molar-refractivity contribution in [2.24, 2.45) is 4.99 Å². The highest BCUT2D eigenvalue weighted by Crippen LogP contribution is 2.11. The van der Waals surface area contributed by atoms with Crippen LogP contribution in [-0.2, 0) is 4.74 Å². The maximum atomic E-state index is 5.53. The van der Waals surface area contributed by atoms with Crippen LogP contribution in [0.2, 0.25) is 0 Å². The van der Waals surface area contributed by atoms with Gasteiger partial charge in [0.1, 0.15) is 0 Å². The standard InChI is InChI=1S/C18H35N5O.HI/c1-5-8-22-9-6-17(7-10-22)21-18(19-4)20-13-15(2)23-11-12-24-14-16(23)3;/h5,15-17H,1,6-14H2,2-4H3,(H2,19,20,21);1H. The molecule has 0 amide bonds. The topological polar surface area (TPSA) is 52.1 Å². The molecule has 0 aliphatic carbocycles. The number of hydrogen-bond acceptors (Lipinski definition) is 4. The Morgan fingerprint density at radius 1 is 1.36 bits per heavy atom. The lowest BCUT2D eigenvalue weighted by Gasteiger charge is -2.38. The Morgan fingerprint density at radius 3 is 2.68 bits per heavy atom. The summed E-state index contributed by atoms with van der Waals surface area (Å²) in [5, 5.41) is 7.08. The summed E-state index contributed by atoms with van der Waals surface area (Å²) in [4.78, 5) is 9.35. The monoisotopic (exact) mass is 465 g/mol. The van der Waals surface area contributed by atoms with Gasteiger partial charge in [-0.1, -0.05) is 6.08 Å². The Hall–Kier alpha value is -0.380. The van der Waals surface area contributed by atoms with Crippen LogP contribution >= 0.6 is 24.0 Å². The third kappa shape index (κ3) is 7.40. The number of halogens is 1. The lowest BCUT2D eigenvalue weighted by Crippen LogP contribution is -2.54. The van der Waals surface area contributed by atoms with Crippen molar-refractivity contribution in [2.75, 3.05) is 53.0 Å². The molecule has 0 radical (unpaired) electrons. The van der Waals surface area contributed by atoms with Gasteiger partial charge >= 0.3 is 0 Å². The van der Waals surface area contributed by atoms with Crippen LogP contribution in [0.15, 0.2) is 17.6 Å². The minimum atomic E-state index is 0. The van der Waals surface area contributed by atoms with Gasteiger partial charge in [0.2, 0.25) is 0 Å². The van der Waals surface area contributed by atoms with E-state index in [2.05, 4.69) is 45.9 Å². The number of aliphatic imine (C=N–C) groups is 1. The summed E-state index contributed by atoms with van der Waals surface area (Å²) in [6.07, 6.45) is 4.30. The van der Waals surface area contributed by atoms with Crippen molar-refractivity contribution >= 4 is 29.9 Å². The summed E-state index contributed by atoms with van der Waals surface area (Å²) in [6.45, 7) is 15.2. The van der Waals surface area contributed by atoms with E-state index in [-0.39, 0.29) is 24.0 Å². The maximum Gasteiger partial charge on any atom is 0.191 e. The van der Waals surface area contributed by atoms with Crippen LogP contribution < -0.4 is 10.6 Å². The van der Waals surface area contributed by atoms with E-state index in [1.165, 1.54) is 0 Å². The molecular weight excluding hydrogens is 429 g/mol. The minimum absolute atomic E-state index is 0. The molecule has 0 aromatic carbocycles. The molecule has 7 heteroatoms. The normalized spacial score (nSPS) is 25.1. The number of rotatable bonds is 6. The van der Waals surface area contributed by atoms with Crippen molar-refractivity contribution in [1.82, 2.24) is 20.4 Å². The first kappa shape index (κ1) is 22.7. The van der Waals surface area contributed by atoms with Crippen molar-refractivity contribution in [3.8, 4) is 0 Å². The molecule has 2 saturated heterocycles. The number of ether oxygens (including phenoxy) is 1. The van der Waals surface area contributed by atoms with E-state index in [9.17, 15) is 0 Å². The molecule has 2 N–H and O–H groups in total. The van der Waals surface area contributed by atoms with Crippen LogP contribution in [0.25, 0.3) is 0 Å². The molecule has 2 fully saturated rings. The average Bonchev–Trinajstić information content (AvgIpc) is 2.60. The van der Waals surface area contributed by atoms with Crippen LogP contribution in [-0.4, -0.2) is 86.9 Å². The Labute approximate surface area is 170 Å². The highest BCUT2D eigenvalue weighted by molar-refractivity contribution is 14.0. The van der Waals surface area contributed by atoms with E-state index in [0.29, 0.717) is 18.1 Å². The molecule has 0 spiro atoms. The molecule has 0 aromatic heterocycles. The first-order chi connectivity index (χ1) is 11.6. The van der Waals surface area contributed by atoms with E-state index in [4.69, 9.17) is 4.74 Å². The van der Waals surface area contributed by atoms with Crippen molar-refractivity contribution in [2.45, 2.75) is 44.8 Å². The van der Waals surface area contributed by atoms with Gasteiger partial charge in [-0.15, -0.1) is 30.6 Å². The zero-order chi connectivity index (χ0) is 17.4. The predicted octanol–water partition coefficient (Wildman–Crippen LogP) is 1.53. The summed E-state index contributed by atoms with van der Waals surface area (Å²) >= 11 is 0. The Kier molecular flexibility index (Phi) is 11.0. The quantitative estimate of drug-likeness (QED) is 0.270. The first-order valence-electron chi connectivity index (χ1n) is 9.28. The zero-order valence-electron chi connectivity index (χ0n) is 16.0. The van der Waals surface area contributed by atoms with E-state index < -0.39 is 0 Å². The zero-order valence-corrected chi connectivity index (χ0v) is 18.4. The lowest BCUT2D eigenvalue weighted by atomic mass is 10.1. The molecule has 0 bridgehead atoms. The van der Waals surface area contributed by atoms with Crippen LogP contribution in [0.3, 0.4) is 0 Å². The average molecular weight is 465 g/mol. The molecule has 2 aliphatic rings. The van der Waals surface area contributed by atoms with Crippen LogP contribution in [0, 0.1) is 0 Å². The van der Waals surface area contributed by atoms with E-state index in [1.54, 1.807) is 0 Å². The molecule has 0 saturated carbocycles. The molecule has 6 nitrogen and oxygen atoms in total. The van der Waals surface area contributed by atoms with Crippen LogP contribution in [0.1, 0.15) is 26.7 Å². The van der Waals surface area contributed by atoms with Gasteiger partial charge in [-0.3, -0.25) is 14.8 Å². The largest absolute Gasteiger partial charge is 0.379 e. The number of piperidine rings is 1. The molecule has 2 heterocycles. The SMILES string of the molecule is C=CCN1CCC(NC(=NC)NCC(C)N2CCOCC2C)CC1.I. The maximum absolute atomic E-state index is 5.53. The number of morpholine rings is 1. The second-order valence-corrected chi connectivity index (χ2v) is 6.97. The molecule has 146 valence electrons. The third-order valence-electron chi connectivity index (χ3n) is 5.09. The highest BCUT2D eigenvalue weighted by atomic mass is 127. The molecule has 25 heavy (non-hydrogen) atoms. The van der Waals surface area contributed by atoms with Crippen LogP contribution in [0.5, 0.6) is 0 Å². The van der Waals surface area contributed by atoms with Gasteiger partial charge in [-0.2, -0.15) is 0 Å². The fourth-order valence-corrected chi connectivity index (χ4v) is 3.59. The van der Waals surface area contributed by atoms with Gasteiger partial charge in [-0.25, -0.2) is 0 Å². The highest BCUT2D eigenvalue weighted by Gasteiger charge is 2.24. The van der Waals surface area contributed by atoms with Crippen molar-refractivity contribution < 1.29 is 4.74 Å². The number of guanidine groups is 1. The number of nitrogens with zero attached hydrogens (tertiary/aromatic N) is 3. The second-order valence-electron chi connectivity index (χ2n) is 6.97. The molecular formula is C18H36IN5O. The lowest BCUT2D eigenvalue weighted by molar-refractivity contribution is -0.0174. The van der Waals surface area contributed by atoms with Gasteiger partial charge in [0.15, 0.2) is 5.96 Å². The molecule has 2 unspecified atom stereocenters. The first-order valence-corrected chi connectivity index (χ1v) is 9.28. The second kappa shape index (κ2) is 12.1. The Bertz CT molecular complexity index is 412. The van der Waals surface area contributed by atoms with Crippen LogP contribution in [0.4, 0.5) is 0 Å². The van der Waals surface area contributed by atoms with E-state index in [0.717, 1.165) is 64.7 Å². The Balaban J connectivity index is 0.00000312. The Morgan fingerprint density at radius 2 is 2.08 bits per heavy atom. The van der Waals surface area contributed by atoms with Gasteiger partial charge in [0, 0.05) is 57.9 Å². The van der Waals surface area contributed by atoms with Gasteiger partial charge < -0.3 is 15.4 Å². The summed E-state index contributed by atoms with van der Waals surface area (Å²) in [5.41, 5.74) is 0. The van der Waals surface area contributed by atoms with Gasteiger partial charge in [-0.05, 0) is 26.7 Å². The molecule has 2 rings (SSSR count). The molecule has 0 aromatic rings. The van der Waals surface area contributed by atoms with E-state index >= 15 is 0 Å². The predicted molar refractivity (Wildman–Crippen MR) is 116 cm³/mol. The summed E-state index contributed by atoms with van der Waals surface area (Å²) in [6, 6.07) is 1.46. The summed E-state index contributed by atoms with van der Waals surface area (Å²) in [5.74, 6) is 0.921. The number of nitrogens with one attached hydrogen (secondary N) is 2. The van der Waals surface area contributed by atoms with Gasteiger partial charge in [0.25, 0.3) is 0 Å². The van der Waals surface area contributed by atoms with E-state index in [1.807, 2.05) is 13.1 Å². The molecule has 2 atom stereocenters. The minimum Gasteiger partial charge on any atom is -0.379 e. The summed E-state index contributed by atoms with van der Waals surface area (Å²) in [7, 11) is 1.85.